The first-order chi connectivity index (χ1) is 22.9. The zero-order valence-electron chi connectivity index (χ0n) is 27.8. The Kier molecular flexibility index (Phi) is 10.8. The molecule has 0 radical (unpaired) electrons. The largest absolute Gasteiger partial charge is 0.451 e. The molecule has 4 atom stereocenters. The van der Waals surface area contributed by atoms with Crippen LogP contribution in [0.15, 0.2) is 36.4 Å². The molecule has 1 aromatic carbocycles. The maximum atomic E-state index is 14.0. The van der Waals surface area contributed by atoms with E-state index in [9.17, 15) is 24.0 Å². The lowest BCUT2D eigenvalue weighted by Gasteiger charge is -2.37. The summed E-state index contributed by atoms with van der Waals surface area (Å²) >= 11 is 0. The third-order valence-electron chi connectivity index (χ3n) is 8.61. The summed E-state index contributed by atoms with van der Waals surface area (Å²) in [5.41, 5.74) is 3.51. The van der Waals surface area contributed by atoms with Gasteiger partial charge in [0.25, 0.3) is 11.8 Å². The molecule has 0 aliphatic carbocycles. The van der Waals surface area contributed by atoms with Crippen molar-refractivity contribution in [1.29, 1.82) is 0 Å². The van der Waals surface area contributed by atoms with E-state index in [-0.39, 0.29) is 25.5 Å². The number of nitrogens with one attached hydrogen (secondary N) is 3. The van der Waals surface area contributed by atoms with Gasteiger partial charge in [-0.15, -0.1) is 0 Å². The summed E-state index contributed by atoms with van der Waals surface area (Å²) in [6, 6.07) is 7.27. The predicted octanol–water partition coefficient (Wildman–Crippen LogP) is 2.28. The van der Waals surface area contributed by atoms with Gasteiger partial charge < -0.3 is 29.6 Å². The smallest absolute Gasteiger partial charge is 0.321 e. The monoisotopic (exact) mass is 665 g/mol. The number of benzene rings is 1. The fraction of sp³-hybridized carbons (Fsp3) is 0.529. The number of ether oxygens (including phenoxy) is 4. The van der Waals surface area contributed by atoms with Crippen molar-refractivity contribution >= 4 is 46.6 Å². The number of amides is 3. The molecule has 0 saturated carbocycles. The van der Waals surface area contributed by atoms with Crippen LogP contribution in [0.4, 0.5) is 0 Å². The molecule has 14 nitrogen and oxygen atoms in total. The molecule has 2 fully saturated rings. The van der Waals surface area contributed by atoms with E-state index >= 15 is 0 Å². The maximum absolute atomic E-state index is 14.0. The second-order valence-corrected chi connectivity index (χ2v) is 12.8. The molecule has 0 unspecified atom stereocenters. The number of cyclic esters (lactones) is 1. The standard InChI is InChI=1S/C34H43N5O9/c1-6-27(40)47-33-45-17-34(18-46-33)14-13-22-9-10-23-11-12-24(37-26(23)16-22)20(4)35-29(41)25-8-7-15-39(38-25)31(43)21(5)36-30(42)28(19(2)3)48-32(34)44/h9-14,16,19-21,25,28,33,38H,6-8,15,17-18H2,1-5H3,(H,35,41)(H,36,42)/b14-13+/t20-,21+,25+,28+,33?,34?/m1/s1. The molecule has 14 heteroatoms. The summed E-state index contributed by atoms with van der Waals surface area (Å²) in [5, 5.41) is 7.89. The van der Waals surface area contributed by atoms with Crippen molar-refractivity contribution in [2.75, 3.05) is 19.8 Å². The molecule has 48 heavy (non-hydrogen) atoms. The van der Waals surface area contributed by atoms with Gasteiger partial charge in [0.1, 0.15) is 17.5 Å². The second kappa shape index (κ2) is 14.8. The Morgan fingerprint density at radius 2 is 1.75 bits per heavy atom. The van der Waals surface area contributed by atoms with E-state index in [0.717, 1.165) is 5.39 Å². The van der Waals surface area contributed by atoms with Gasteiger partial charge in [0.15, 0.2) is 6.10 Å². The molecule has 1 aromatic heterocycles. The number of hydrazine groups is 1. The van der Waals surface area contributed by atoms with Crippen molar-refractivity contribution < 1.29 is 42.9 Å². The van der Waals surface area contributed by atoms with Gasteiger partial charge in [0.05, 0.1) is 30.5 Å². The van der Waals surface area contributed by atoms with Crippen LogP contribution in [0, 0.1) is 11.3 Å². The van der Waals surface area contributed by atoms with Crippen LogP contribution in [-0.2, 0) is 42.9 Å². The van der Waals surface area contributed by atoms with E-state index in [1.165, 1.54) is 11.9 Å². The van der Waals surface area contributed by atoms with E-state index in [1.807, 2.05) is 37.3 Å². The quantitative estimate of drug-likeness (QED) is 0.411. The molecule has 4 heterocycles. The van der Waals surface area contributed by atoms with E-state index in [4.69, 9.17) is 23.9 Å². The highest BCUT2D eigenvalue weighted by molar-refractivity contribution is 5.92. The Hall–Kier alpha value is -4.40. The van der Waals surface area contributed by atoms with Crippen molar-refractivity contribution in [2.24, 2.45) is 11.3 Å². The summed E-state index contributed by atoms with van der Waals surface area (Å²) in [6.45, 7) is 6.95. The van der Waals surface area contributed by atoms with Gasteiger partial charge in [-0.25, -0.2) is 5.43 Å². The summed E-state index contributed by atoms with van der Waals surface area (Å²) in [5.74, 6) is -3.17. The van der Waals surface area contributed by atoms with Gasteiger partial charge in [-0.05, 0) is 50.3 Å². The average molecular weight is 666 g/mol. The van der Waals surface area contributed by atoms with Crippen LogP contribution in [0.25, 0.3) is 17.0 Å². The van der Waals surface area contributed by atoms with Crippen molar-refractivity contribution in [1.82, 2.24) is 26.1 Å². The van der Waals surface area contributed by atoms with Crippen LogP contribution in [0.2, 0.25) is 0 Å². The van der Waals surface area contributed by atoms with E-state index < -0.39 is 65.8 Å². The number of hydrogen-bond donors (Lipinski definition) is 3. The molecule has 3 aliphatic rings. The first-order valence-corrected chi connectivity index (χ1v) is 16.3. The third-order valence-corrected chi connectivity index (χ3v) is 8.61. The fourth-order valence-electron chi connectivity index (χ4n) is 5.65. The summed E-state index contributed by atoms with van der Waals surface area (Å²) < 4.78 is 22.3. The first-order valence-electron chi connectivity index (χ1n) is 16.3. The number of nitrogens with zero attached hydrogens (tertiary/aromatic N) is 2. The number of rotatable bonds is 3. The summed E-state index contributed by atoms with van der Waals surface area (Å²) in [4.78, 5) is 70.8. The molecule has 2 saturated heterocycles. The Bertz CT molecular complexity index is 1590. The lowest BCUT2D eigenvalue weighted by molar-refractivity contribution is -0.317. The average Bonchev–Trinajstić information content (AvgIpc) is 3.08. The van der Waals surface area contributed by atoms with Gasteiger partial charge in [-0.2, -0.15) is 0 Å². The molecule has 1 spiro atoms. The predicted molar refractivity (Wildman–Crippen MR) is 172 cm³/mol. The van der Waals surface area contributed by atoms with Crippen LogP contribution in [-0.4, -0.2) is 84.1 Å². The van der Waals surface area contributed by atoms with Crippen molar-refractivity contribution in [3.8, 4) is 0 Å². The van der Waals surface area contributed by atoms with Gasteiger partial charge in [0.2, 0.25) is 5.91 Å². The minimum atomic E-state index is -1.52. The van der Waals surface area contributed by atoms with E-state index in [2.05, 4.69) is 16.1 Å². The molecule has 3 N–H and O–H groups in total. The van der Waals surface area contributed by atoms with Crippen LogP contribution in [0.5, 0.6) is 0 Å². The Morgan fingerprint density at radius 1 is 1.04 bits per heavy atom. The topological polar surface area (TPSA) is 174 Å². The highest BCUT2D eigenvalue weighted by Crippen LogP contribution is 2.32. The number of carbonyl (C=O) groups is 5. The molecule has 258 valence electrons. The van der Waals surface area contributed by atoms with E-state index in [1.54, 1.807) is 32.9 Å². The second-order valence-electron chi connectivity index (χ2n) is 12.8. The number of carbonyl (C=O) groups excluding carboxylic acids is 5. The minimum Gasteiger partial charge on any atom is -0.451 e. The number of aromatic nitrogens is 1. The Labute approximate surface area is 278 Å². The molecule has 2 aromatic rings. The van der Waals surface area contributed by atoms with Gasteiger partial charge in [-0.3, -0.25) is 34.0 Å². The van der Waals surface area contributed by atoms with Gasteiger partial charge in [-0.1, -0.05) is 51.1 Å². The molecular weight excluding hydrogens is 622 g/mol. The van der Waals surface area contributed by atoms with Gasteiger partial charge >= 0.3 is 18.4 Å². The Balaban J connectivity index is 1.51. The number of esters is 2. The number of fused-ring (bicyclic) bond motifs is 4. The van der Waals surface area contributed by atoms with Crippen molar-refractivity contribution in [3.05, 3.63) is 47.7 Å². The first kappa shape index (κ1) is 34.9. The van der Waals surface area contributed by atoms with E-state index in [0.29, 0.717) is 36.2 Å². The third kappa shape index (κ3) is 7.83. The van der Waals surface area contributed by atoms with Crippen LogP contribution in [0.1, 0.15) is 71.2 Å². The molecule has 3 aliphatic heterocycles. The van der Waals surface area contributed by atoms with Crippen LogP contribution >= 0.6 is 0 Å². The SMILES string of the molecule is CCC(=O)OC1OCC2(/C=C/c3ccc4ccc(nc4c3)[C@@H](C)NC(=O)[C@@H]3CCCN(N3)C(=O)[C@H](C)NC(=O)[C@H](C(C)C)OC2=O)CO1. The molecule has 5 rings (SSSR count). The van der Waals surface area contributed by atoms with Gasteiger partial charge in [0, 0.05) is 18.4 Å². The molecule has 5 bridgehead atoms. The summed E-state index contributed by atoms with van der Waals surface area (Å²) in [7, 11) is 0. The highest BCUT2D eigenvalue weighted by atomic mass is 16.9. The van der Waals surface area contributed by atoms with Crippen LogP contribution in [0.3, 0.4) is 0 Å². The van der Waals surface area contributed by atoms with Crippen LogP contribution < -0.4 is 16.1 Å². The zero-order chi connectivity index (χ0) is 34.6. The molecular formula is C34H43N5O9. The molecule has 3 amide bonds. The van der Waals surface area contributed by atoms with Crippen molar-refractivity contribution in [3.63, 3.8) is 0 Å². The highest BCUT2D eigenvalue weighted by Gasteiger charge is 2.46. The van der Waals surface area contributed by atoms with Crippen molar-refractivity contribution in [2.45, 2.75) is 84.6 Å². The minimum absolute atomic E-state index is 0.111. The Morgan fingerprint density at radius 3 is 2.46 bits per heavy atom. The number of hydrogen-bond acceptors (Lipinski definition) is 11. The number of pyridine rings is 1. The maximum Gasteiger partial charge on any atom is 0.321 e. The normalized spacial score (nSPS) is 29.7. The zero-order valence-corrected chi connectivity index (χ0v) is 27.8. The summed E-state index contributed by atoms with van der Waals surface area (Å²) in [6.07, 6.45) is 3.24. The lowest BCUT2D eigenvalue weighted by Crippen LogP contribution is -2.61. The lowest BCUT2D eigenvalue weighted by atomic mass is 9.88. The fourth-order valence-corrected chi connectivity index (χ4v) is 5.65.